The number of nitrogens with one attached hydrogen (secondary N) is 2. The number of nitrogens with zero attached hydrogens (tertiary/aromatic N) is 2. The molecule has 2 N–H and O–H groups in total. The average Bonchev–Trinajstić information content (AvgIpc) is 3.20. The van der Waals surface area contributed by atoms with Gasteiger partial charge in [0, 0.05) is 25.2 Å². The van der Waals surface area contributed by atoms with Crippen molar-refractivity contribution < 1.29 is 0 Å². The van der Waals surface area contributed by atoms with Crippen molar-refractivity contribution in [1.29, 1.82) is 0 Å². The van der Waals surface area contributed by atoms with Gasteiger partial charge in [0.25, 0.3) is 0 Å². The fourth-order valence-corrected chi connectivity index (χ4v) is 2.71. The number of hydrogen-bond donors (Lipinski definition) is 2. The molecule has 1 saturated heterocycles. The van der Waals surface area contributed by atoms with Crippen LogP contribution < -0.4 is 10.6 Å². The first kappa shape index (κ1) is 14.6. The lowest BCUT2D eigenvalue weighted by Gasteiger charge is -2.35. The molecule has 2 rings (SSSR count). The van der Waals surface area contributed by atoms with Crippen molar-refractivity contribution >= 4 is 5.96 Å². The summed E-state index contributed by atoms with van der Waals surface area (Å²) in [4.78, 5) is 7.34. The molecule has 0 aromatic carbocycles. The first-order valence-corrected chi connectivity index (χ1v) is 7.98. The third-order valence-electron chi connectivity index (χ3n) is 4.09. The summed E-state index contributed by atoms with van der Waals surface area (Å²) in [6.07, 6.45) is 5.32. The molecule has 0 aromatic heterocycles. The van der Waals surface area contributed by atoms with Crippen LogP contribution in [0, 0.1) is 5.92 Å². The standard InChI is InChI=1S/C15H30N4/c1-4-16-15(18-14-7-8-14)17-10-13(3)19-9-5-6-12(2)11-19/h12-14H,4-11H2,1-3H3,(H2,16,17,18). The van der Waals surface area contributed by atoms with E-state index in [4.69, 9.17) is 4.99 Å². The Morgan fingerprint density at radius 1 is 1.37 bits per heavy atom. The highest BCUT2D eigenvalue weighted by Crippen LogP contribution is 2.19. The van der Waals surface area contributed by atoms with Crippen LogP contribution in [0.25, 0.3) is 0 Å². The fraction of sp³-hybridized carbons (Fsp3) is 0.933. The Balaban J connectivity index is 1.79. The number of rotatable bonds is 5. The summed E-state index contributed by atoms with van der Waals surface area (Å²) in [5.74, 6) is 1.85. The van der Waals surface area contributed by atoms with Crippen LogP contribution in [0.4, 0.5) is 0 Å². The average molecular weight is 266 g/mol. The molecule has 4 heteroatoms. The molecule has 19 heavy (non-hydrogen) atoms. The zero-order valence-corrected chi connectivity index (χ0v) is 12.8. The molecule has 0 radical (unpaired) electrons. The van der Waals surface area contributed by atoms with Crippen molar-refractivity contribution in [2.75, 3.05) is 26.2 Å². The van der Waals surface area contributed by atoms with Gasteiger partial charge in [-0.1, -0.05) is 6.92 Å². The third-order valence-corrected chi connectivity index (χ3v) is 4.09. The van der Waals surface area contributed by atoms with Crippen LogP contribution in [0.5, 0.6) is 0 Å². The molecule has 1 saturated carbocycles. The van der Waals surface area contributed by atoms with E-state index in [1.165, 1.54) is 38.8 Å². The van der Waals surface area contributed by atoms with Crippen LogP contribution in [-0.4, -0.2) is 49.1 Å². The molecule has 2 fully saturated rings. The summed E-state index contributed by atoms with van der Waals surface area (Å²) in [7, 11) is 0. The molecule has 0 bridgehead atoms. The topological polar surface area (TPSA) is 39.7 Å². The summed E-state index contributed by atoms with van der Waals surface area (Å²) >= 11 is 0. The van der Waals surface area contributed by atoms with Gasteiger partial charge in [-0.3, -0.25) is 9.89 Å². The van der Waals surface area contributed by atoms with Crippen molar-refractivity contribution in [3.63, 3.8) is 0 Å². The molecule has 1 aliphatic heterocycles. The van der Waals surface area contributed by atoms with Crippen LogP contribution in [-0.2, 0) is 0 Å². The number of likely N-dealkylation sites (tertiary alicyclic amines) is 1. The smallest absolute Gasteiger partial charge is 0.191 e. The van der Waals surface area contributed by atoms with Crippen LogP contribution in [0.15, 0.2) is 4.99 Å². The number of guanidine groups is 1. The van der Waals surface area contributed by atoms with Gasteiger partial charge in [0.2, 0.25) is 0 Å². The third kappa shape index (κ3) is 5.01. The van der Waals surface area contributed by atoms with Gasteiger partial charge in [0.15, 0.2) is 5.96 Å². The van der Waals surface area contributed by atoms with Gasteiger partial charge in [-0.2, -0.15) is 0 Å². The fourth-order valence-electron chi connectivity index (χ4n) is 2.71. The molecule has 110 valence electrons. The second kappa shape index (κ2) is 7.13. The minimum atomic E-state index is 0.553. The first-order valence-electron chi connectivity index (χ1n) is 7.98. The Labute approximate surface area is 118 Å². The van der Waals surface area contributed by atoms with E-state index in [9.17, 15) is 0 Å². The highest BCUT2D eigenvalue weighted by molar-refractivity contribution is 5.80. The van der Waals surface area contributed by atoms with E-state index in [0.29, 0.717) is 12.1 Å². The Hall–Kier alpha value is -0.770. The van der Waals surface area contributed by atoms with Gasteiger partial charge in [0.05, 0.1) is 6.54 Å². The quantitative estimate of drug-likeness (QED) is 0.589. The monoisotopic (exact) mass is 266 g/mol. The maximum absolute atomic E-state index is 4.75. The molecule has 4 nitrogen and oxygen atoms in total. The van der Waals surface area contributed by atoms with Gasteiger partial charge >= 0.3 is 0 Å². The van der Waals surface area contributed by atoms with Crippen molar-refractivity contribution in [2.45, 2.75) is 58.5 Å². The predicted octanol–water partition coefficient (Wildman–Crippen LogP) is 1.82. The van der Waals surface area contributed by atoms with Gasteiger partial charge < -0.3 is 10.6 Å². The maximum Gasteiger partial charge on any atom is 0.191 e. The minimum Gasteiger partial charge on any atom is -0.357 e. The molecule has 0 spiro atoms. The molecule has 2 aliphatic rings. The van der Waals surface area contributed by atoms with Gasteiger partial charge in [0.1, 0.15) is 0 Å². The Morgan fingerprint density at radius 2 is 2.16 bits per heavy atom. The molecule has 1 aliphatic carbocycles. The molecule has 0 amide bonds. The second-order valence-corrected chi connectivity index (χ2v) is 6.23. The van der Waals surface area contributed by atoms with E-state index < -0.39 is 0 Å². The summed E-state index contributed by atoms with van der Waals surface area (Å²) < 4.78 is 0. The van der Waals surface area contributed by atoms with Gasteiger partial charge in [-0.05, 0) is 52.0 Å². The summed E-state index contributed by atoms with van der Waals surface area (Å²) in [5, 5.41) is 6.82. The molecule has 1 heterocycles. The normalized spacial score (nSPS) is 27.1. The molecule has 2 unspecified atom stereocenters. The number of piperidine rings is 1. The zero-order chi connectivity index (χ0) is 13.7. The first-order chi connectivity index (χ1) is 9.19. The molecular weight excluding hydrogens is 236 g/mol. The second-order valence-electron chi connectivity index (χ2n) is 6.23. The Morgan fingerprint density at radius 3 is 2.79 bits per heavy atom. The maximum atomic E-state index is 4.75. The van der Waals surface area contributed by atoms with Gasteiger partial charge in [-0.15, -0.1) is 0 Å². The Kier molecular flexibility index (Phi) is 5.49. The minimum absolute atomic E-state index is 0.553. The van der Waals surface area contributed by atoms with E-state index in [-0.39, 0.29) is 0 Å². The van der Waals surface area contributed by atoms with Crippen molar-refractivity contribution in [1.82, 2.24) is 15.5 Å². The van der Waals surface area contributed by atoms with Gasteiger partial charge in [-0.25, -0.2) is 0 Å². The van der Waals surface area contributed by atoms with E-state index in [1.807, 2.05) is 0 Å². The van der Waals surface area contributed by atoms with Crippen molar-refractivity contribution in [2.24, 2.45) is 10.9 Å². The Bertz CT molecular complexity index is 299. The summed E-state index contributed by atoms with van der Waals surface area (Å²) in [5.41, 5.74) is 0. The summed E-state index contributed by atoms with van der Waals surface area (Å²) in [6, 6.07) is 1.22. The van der Waals surface area contributed by atoms with Crippen molar-refractivity contribution in [3.8, 4) is 0 Å². The predicted molar refractivity (Wildman–Crippen MR) is 81.6 cm³/mol. The number of aliphatic imine (C=N–C) groups is 1. The zero-order valence-electron chi connectivity index (χ0n) is 12.8. The van der Waals surface area contributed by atoms with Crippen LogP contribution >= 0.6 is 0 Å². The van der Waals surface area contributed by atoms with Crippen LogP contribution in [0.2, 0.25) is 0 Å². The lowest BCUT2D eigenvalue weighted by Crippen LogP contribution is -2.43. The lowest BCUT2D eigenvalue weighted by atomic mass is 9.99. The van der Waals surface area contributed by atoms with E-state index >= 15 is 0 Å². The van der Waals surface area contributed by atoms with E-state index in [0.717, 1.165) is 25.0 Å². The molecular formula is C15H30N4. The van der Waals surface area contributed by atoms with E-state index in [1.54, 1.807) is 0 Å². The lowest BCUT2D eigenvalue weighted by molar-refractivity contribution is 0.142. The summed E-state index contributed by atoms with van der Waals surface area (Å²) in [6.45, 7) is 11.1. The highest BCUT2D eigenvalue weighted by Gasteiger charge is 2.23. The molecule has 2 atom stereocenters. The van der Waals surface area contributed by atoms with Crippen molar-refractivity contribution in [3.05, 3.63) is 0 Å². The van der Waals surface area contributed by atoms with Crippen LogP contribution in [0.3, 0.4) is 0 Å². The number of hydrogen-bond acceptors (Lipinski definition) is 2. The largest absolute Gasteiger partial charge is 0.357 e. The van der Waals surface area contributed by atoms with E-state index in [2.05, 4.69) is 36.3 Å². The highest BCUT2D eigenvalue weighted by atomic mass is 15.2. The molecule has 0 aromatic rings. The SMILES string of the molecule is CCNC(=NCC(C)N1CCCC(C)C1)NC1CC1. The van der Waals surface area contributed by atoms with Crippen LogP contribution in [0.1, 0.15) is 46.5 Å².